The zero-order chi connectivity index (χ0) is 21.3. The highest BCUT2D eigenvalue weighted by Crippen LogP contribution is 2.33. The minimum absolute atomic E-state index is 0.0857. The molecule has 3 rings (SSSR count). The molecule has 0 fully saturated rings. The quantitative estimate of drug-likeness (QED) is 0.489. The lowest BCUT2D eigenvalue weighted by molar-refractivity contribution is -0.117. The van der Waals surface area contributed by atoms with E-state index in [1.54, 1.807) is 33.7 Å². The van der Waals surface area contributed by atoms with E-state index in [4.69, 9.17) is 14.2 Å². The Balaban J connectivity index is 1.82. The van der Waals surface area contributed by atoms with Crippen LogP contribution in [0, 0.1) is 0 Å². The molecule has 1 atom stereocenters. The molecule has 0 aliphatic heterocycles. The van der Waals surface area contributed by atoms with Crippen molar-refractivity contribution in [3.05, 3.63) is 60.4 Å². The zero-order valence-electron chi connectivity index (χ0n) is 17.5. The van der Waals surface area contributed by atoms with Gasteiger partial charge in [-0.25, -0.2) is 0 Å². The van der Waals surface area contributed by atoms with E-state index in [1.807, 2.05) is 42.5 Å². The number of amides is 1. The van der Waals surface area contributed by atoms with Crippen LogP contribution in [0.4, 0.5) is 5.69 Å². The third-order valence-electron chi connectivity index (χ3n) is 4.93. The first-order valence-electron chi connectivity index (χ1n) is 9.77. The first-order chi connectivity index (χ1) is 14.7. The summed E-state index contributed by atoms with van der Waals surface area (Å²) in [6.45, 7) is 0.598. The summed E-state index contributed by atoms with van der Waals surface area (Å²) in [5.74, 6) is 0.974. The van der Waals surface area contributed by atoms with E-state index in [-0.39, 0.29) is 11.8 Å². The molecule has 0 saturated carbocycles. The van der Waals surface area contributed by atoms with Crippen molar-refractivity contribution in [3.8, 4) is 22.6 Å². The molecular formula is C23H27N3O4. The van der Waals surface area contributed by atoms with E-state index in [0.717, 1.165) is 28.9 Å². The van der Waals surface area contributed by atoms with Gasteiger partial charge in [-0.2, -0.15) is 5.10 Å². The smallest absolute Gasteiger partial charge is 0.231 e. The highest BCUT2D eigenvalue weighted by atomic mass is 16.5. The molecule has 3 aromatic rings. The van der Waals surface area contributed by atoms with Crippen LogP contribution >= 0.6 is 0 Å². The molecule has 0 saturated heterocycles. The molecule has 0 radical (unpaired) electrons. The third kappa shape index (κ3) is 5.18. The van der Waals surface area contributed by atoms with Gasteiger partial charge in [0.25, 0.3) is 0 Å². The van der Waals surface area contributed by atoms with Crippen LogP contribution in [0.25, 0.3) is 11.1 Å². The SMILES string of the molecule is COCCCC(C(=O)Nc1ccc(-c2cn[nH]c2)c(OC)c1)c1cccc(OC)c1. The predicted octanol–water partition coefficient (Wildman–Crippen LogP) is 4.24. The molecule has 1 unspecified atom stereocenters. The Bertz CT molecular complexity index is 957. The highest BCUT2D eigenvalue weighted by Gasteiger charge is 2.21. The number of nitrogens with zero attached hydrogens (tertiary/aromatic N) is 1. The predicted molar refractivity (Wildman–Crippen MR) is 116 cm³/mol. The summed E-state index contributed by atoms with van der Waals surface area (Å²) in [5.41, 5.74) is 3.39. The summed E-state index contributed by atoms with van der Waals surface area (Å²) >= 11 is 0. The van der Waals surface area contributed by atoms with Gasteiger partial charge in [-0.05, 0) is 42.7 Å². The van der Waals surface area contributed by atoms with Gasteiger partial charge in [0.1, 0.15) is 11.5 Å². The zero-order valence-corrected chi connectivity index (χ0v) is 17.5. The van der Waals surface area contributed by atoms with E-state index in [2.05, 4.69) is 15.5 Å². The summed E-state index contributed by atoms with van der Waals surface area (Å²) in [4.78, 5) is 13.2. The Hall–Kier alpha value is -3.32. The summed E-state index contributed by atoms with van der Waals surface area (Å²) in [7, 11) is 4.88. The number of carbonyl (C=O) groups is 1. The minimum atomic E-state index is -0.324. The Morgan fingerprint density at radius 3 is 2.70 bits per heavy atom. The first kappa shape index (κ1) is 21.4. The van der Waals surface area contributed by atoms with Crippen LogP contribution < -0.4 is 14.8 Å². The van der Waals surface area contributed by atoms with E-state index in [1.165, 1.54) is 0 Å². The number of hydrogen-bond donors (Lipinski definition) is 2. The number of carbonyl (C=O) groups excluding carboxylic acids is 1. The molecule has 0 spiro atoms. The molecule has 0 aliphatic carbocycles. The van der Waals surface area contributed by atoms with E-state index in [0.29, 0.717) is 24.5 Å². The van der Waals surface area contributed by atoms with Crippen molar-refractivity contribution in [2.45, 2.75) is 18.8 Å². The normalized spacial score (nSPS) is 11.7. The number of ether oxygens (including phenoxy) is 3. The standard InChI is InChI=1S/C23H27N3O4/c1-28-11-5-8-21(16-6-4-7-19(12-16)29-2)23(27)26-18-9-10-20(22(13-18)30-3)17-14-24-25-15-17/h4,6-7,9-10,12-15,21H,5,8,11H2,1-3H3,(H,24,25)(H,26,27). The van der Waals surface area contributed by atoms with Crippen molar-refractivity contribution in [1.29, 1.82) is 0 Å². The van der Waals surface area contributed by atoms with Gasteiger partial charge in [-0.15, -0.1) is 0 Å². The molecule has 1 heterocycles. The fourth-order valence-electron chi connectivity index (χ4n) is 3.37. The summed E-state index contributed by atoms with van der Waals surface area (Å²) in [6.07, 6.45) is 4.96. The average molecular weight is 409 g/mol. The van der Waals surface area contributed by atoms with Crippen molar-refractivity contribution < 1.29 is 19.0 Å². The Morgan fingerprint density at radius 2 is 2.00 bits per heavy atom. The second kappa shape index (κ2) is 10.5. The number of aromatic amines is 1. The van der Waals surface area contributed by atoms with Crippen LogP contribution in [-0.4, -0.2) is 44.0 Å². The largest absolute Gasteiger partial charge is 0.497 e. The average Bonchev–Trinajstić information content (AvgIpc) is 3.31. The van der Waals surface area contributed by atoms with Crippen molar-refractivity contribution in [1.82, 2.24) is 10.2 Å². The highest BCUT2D eigenvalue weighted by molar-refractivity contribution is 5.96. The lowest BCUT2D eigenvalue weighted by Gasteiger charge is -2.18. The molecular weight excluding hydrogens is 382 g/mol. The van der Waals surface area contributed by atoms with Crippen LogP contribution in [0.2, 0.25) is 0 Å². The topological polar surface area (TPSA) is 85.5 Å². The fraction of sp³-hybridized carbons (Fsp3) is 0.304. The maximum atomic E-state index is 13.2. The second-order valence-electron chi connectivity index (χ2n) is 6.86. The van der Waals surface area contributed by atoms with Crippen molar-refractivity contribution in [2.75, 3.05) is 33.3 Å². The third-order valence-corrected chi connectivity index (χ3v) is 4.93. The van der Waals surface area contributed by atoms with Gasteiger partial charge in [0.2, 0.25) is 5.91 Å². The van der Waals surface area contributed by atoms with Crippen LogP contribution in [0.3, 0.4) is 0 Å². The number of methoxy groups -OCH3 is 3. The van der Waals surface area contributed by atoms with Crippen molar-refractivity contribution in [3.63, 3.8) is 0 Å². The first-order valence-corrected chi connectivity index (χ1v) is 9.77. The molecule has 1 amide bonds. The molecule has 2 aromatic carbocycles. The molecule has 0 aliphatic rings. The van der Waals surface area contributed by atoms with Crippen LogP contribution in [0.1, 0.15) is 24.3 Å². The van der Waals surface area contributed by atoms with Crippen LogP contribution in [-0.2, 0) is 9.53 Å². The maximum Gasteiger partial charge on any atom is 0.231 e. The van der Waals surface area contributed by atoms with E-state index in [9.17, 15) is 4.79 Å². The number of aromatic nitrogens is 2. The maximum absolute atomic E-state index is 13.2. The number of anilines is 1. The minimum Gasteiger partial charge on any atom is -0.497 e. The van der Waals surface area contributed by atoms with E-state index >= 15 is 0 Å². The number of nitrogens with one attached hydrogen (secondary N) is 2. The van der Waals surface area contributed by atoms with Gasteiger partial charge in [0.15, 0.2) is 0 Å². The number of hydrogen-bond acceptors (Lipinski definition) is 5. The molecule has 0 bridgehead atoms. The van der Waals surface area contributed by atoms with Gasteiger partial charge >= 0.3 is 0 Å². The van der Waals surface area contributed by atoms with E-state index < -0.39 is 0 Å². The molecule has 2 N–H and O–H groups in total. The summed E-state index contributed by atoms with van der Waals surface area (Å²) in [5, 5.41) is 9.81. The van der Waals surface area contributed by atoms with Gasteiger partial charge < -0.3 is 19.5 Å². The second-order valence-corrected chi connectivity index (χ2v) is 6.86. The lowest BCUT2D eigenvalue weighted by atomic mass is 9.93. The van der Waals surface area contributed by atoms with Crippen LogP contribution in [0.15, 0.2) is 54.9 Å². The number of rotatable bonds is 10. The lowest BCUT2D eigenvalue weighted by Crippen LogP contribution is -2.21. The molecule has 7 nitrogen and oxygen atoms in total. The monoisotopic (exact) mass is 409 g/mol. The number of benzene rings is 2. The Morgan fingerprint density at radius 1 is 1.13 bits per heavy atom. The Kier molecular flexibility index (Phi) is 7.45. The summed E-state index contributed by atoms with van der Waals surface area (Å²) < 4.78 is 16.0. The van der Waals surface area contributed by atoms with Gasteiger partial charge in [-0.3, -0.25) is 9.89 Å². The van der Waals surface area contributed by atoms with Gasteiger partial charge in [-0.1, -0.05) is 12.1 Å². The van der Waals surface area contributed by atoms with Crippen LogP contribution in [0.5, 0.6) is 11.5 Å². The molecule has 1 aromatic heterocycles. The van der Waals surface area contributed by atoms with Crippen molar-refractivity contribution >= 4 is 11.6 Å². The Labute approximate surface area is 176 Å². The number of H-pyrrole nitrogens is 1. The molecule has 7 heteroatoms. The molecule has 30 heavy (non-hydrogen) atoms. The molecule has 158 valence electrons. The summed E-state index contributed by atoms with van der Waals surface area (Å²) in [6, 6.07) is 13.2. The van der Waals surface area contributed by atoms with Gasteiger partial charge in [0.05, 0.1) is 26.3 Å². The van der Waals surface area contributed by atoms with Crippen molar-refractivity contribution in [2.24, 2.45) is 0 Å². The fourth-order valence-corrected chi connectivity index (χ4v) is 3.37. The van der Waals surface area contributed by atoms with Gasteiger partial charge in [0, 0.05) is 42.8 Å².